The van der Waals surface area contributed by atoms with Crippen molar-refractivity contribution in [1.82, 2.24) is 14.9 Å². The van der Waals surface area contributed by atoms with Gasteiger partial charge in [0, 0.05) is 43.6 Å². The molecule has 1 aromatic heterocycles. The summed E-state index contributed by atoms with van der Waals surface area (Å²) in [4.78, 5) is 25.6. The molecule has 1 N–H and O–H groups in total. The van der Waals surface area contributed by atoms with Crippen molar-refractivity contribution in [2.75, 3.05) is 36.4 Å². The van der Waals surface area contributed by atoms with Crippen molar-refractivity contribution in [3.8, 4) is 0 Å². The molecule has 1 amide bonds. The first-order valence-electron chi connectivity index (χ1n) is 10.3. The molecular formula is C22H31N5O. The number of aromatic nitrogens is 2. The summed E-state index contributed by atoms with van der Waals surface area (Å²) in [5.74, 6) is 1.99. The van der Waals surface area contributed by atoms with Crippen molar-refractivity contribution in [1.29, 1.82) is 0 Å². The lowest BCUT2D eigenvalue weighted by molar-refractivity contribution is 0.0766. The number of carbonyl (C=O) groups excluding carboxylic acids is 1. The highest BCUT2D eigenvalue weighted by Gasteiger charge is 2.17. The number of piperidine rings is 1. The normalized spacial score (nSPS) is 14.8. The van der Waals surface area contributed by atoms with Gasteiger partial charge in [0.2, 0.25) is 0 Å². The Morgan fingerprint density at radius 3 is 2.39 bits per heavy atom. The van der Waals surface area contributed by atoms with Gasteiger partial charge in [0.25, 0.3) is 5.91 Å². The van der Waals surface area contributed by atoms with Gasteiger partial charge in [-0.2, -0.15) is 0 Å². The summed E-state index contributed by atoms with van der Waals surface area (Å²) in [7, 11) is 0. The maximum absolute atomic E-state index is 12.6. The third-order valence-corrected chi connectivity index (χ3v) is 5.40. The molecule has 0 unspecified atom stereocenters. The molecular weight excluding hydrogens is 350 g/mol. The number of anilines is 3. The summed E-state index contributed by atoms with van der Waals surface area (Å²) >= 11 is 0. The lowest BCUT2D eigenvalue weighted by Gasteiger charge is -2.32. The molecule has 1 saturated heterocycles. The third-order valence-electron chi connectivity index (χ3n) is 5.40. The molecule has 6 nitrogen and oxygen atoms in total. The van der Waals surface area contributed by atoms with Crippen molar-refractivity contribution in [2.24, 2.45) is 5.92 Å². The average molecular weight is 382 g/mol. The minimum absolute atomic E-state index is 0.0618. The number of carbonyl (C=O) groups is 1. The van der Waals surface area contributed by atoms with Crippen LogP contribution in [0.4, 0.5) is 17.2 Å². The fourth-order valence-electron chi connectivity index (χ4n) is 3.58. The molecule has 1 aliphatic rings. The maximum Gasteiger partial charge on any atom is 0.272 e. The molecule has 0 radical (unpaired) electrons. The maximum atomic E-state index is 12.6. The van der Waals surface area contributed by atoms with Crippen LogP contribution >= 0.6 is 0 Å². The molecule has 1 aliphatic heterocycles. The van der Waals surface area contributed by atoms with E-state index in [1.165, 1.54) is 18.5 Å². The fourth-order valence-corrected chi connectivity index (χ4v) is 3.58. The van der Waals surface area contributed by atoms with Crippen LogP contribution in [-0.2, 0) is 0 Å². The first-order valence-corrected chi connectivity index (χ1v) is 10.3. The van der Waals surface area contributed by atoms with Gasteiger partial charge in [-0.25, -0.2) is 9.97 Å². The third kappa shape index (κ3) is 4.80. The molecule has 0 saturated carbocycles. The van der Waals surface area contributed by atoms with Crippen LogP contribution in [0, 0.1) is 12.8 Å². The molecule has 1 fully saturated rings. The largest absolute Gasteiger partial charge is 0.372 e. The SMILES string of the molecule is CCN(CC)C(=O)c1cc(Nc2ccc(N3CCC(C)CC3)cc2)nc(C)n1. The second kappa shape index (κ2) is 9.04. The van der Waals surface area contributed by atoms with Crippen molar-refractivity contribution >= 4 is 23.1 Å². The standard InChI is InChI=1S/C22H31N5O/c1-5-26(6-2)22(28)20-15-21(24-17(4)23-20)25-18-7-9-19(10-8-18)27-13-11-16(3)12-14-27/h7-10,15-16H,5-6,11-14H2,1-4H3,(H,23,24,25). The number of aryl methyl sites for hydroxylation is 1. The fraction of sp³-hybridized carbons (Fsp3) is 0.500. The van der Waals surface area contributed by atoms with E-state index >= 15 is 0 Å². The predicted octanol–water partition coefficient (Wildman–Crippen LogP) is 4.25. The number of amides is 1. The Bertz CT molecular complexity index is 793. The predicted molar refractivity (Wildman–Crippen MR) is 114 cm³/mol. The van der Waals surface area contributed by atoms with Gasteiger partial charge >= 0.3 is 0 Å². The first-order chi connectivity index (χ1) is 13.5. The molecule has 0 spiro atoms. The monoisotopic (exact) mass is 381 g/mol. The minimum atomic E-state index is -0.0618. The van der Waals surface area contributed by atoms with Gasteiger partial charge in [0.05, 0.1) is 0 Å². The topological polar surface area (TPSA) is 61.4 Å². The van der Waals surface area contributed by atoms with Gasteiger partial charge in [-0.3, -0.25) is 4.79 Å². The van der Waals surface area contributed by atoms with E-state index in [1.807, 2.05) is 20.8 Å². The highest BCUT2D eigenvalue weighted by Crippen LogP contribution is 2.25. The molecule has 6 heteroatoms. The second-order valence-electron chi connectivity index (χ2n) is 7.50. The van der Waals surface area contributed by atoms with Crippen molar-refractivity contribution in [2.45, 2.75) is 40.5 Å². The van der Waals surface area contributed by atoms with Crippen LogP contribution in [0.2, 0.25) is 0 Å². The van der Waals surface area contributed by atoms with E-state index in [9.17, 15) is 4.79 Å². The summed E-state index contributed by atoms with van der Waals surface area (Å²) in [6, 6.07) is 10.2. The van der Waals surface area contributed by atoms with Crippen molar-refractivity contribution in [3.63, 3.8) is 0 Å². The Hall–Kier alpha value is -2.63. The number of benzene rings is 1. The van der Waals surface area contributed by atoms with Crippen LogP contribution in [0.15, 0.2) is 30.3 Å². The molecule has 0 bridgehead atoms. The Balaban J connectivity index is 1.72. The van der Waals surface area contributed by atoms with E-state index in [0.717, 1.165) is 24.7 Å². The zero-order valence-corrected chi connectivity index (χ0v) is 17.4. The van der Waals surface area contributed by atoms with E-state index < -0.39 is 0 Å². The van der Waals surface area contributed by atoms with Crippen LogP contribution in [0.1, 0.15) is 49.9 Å². The van der Waals surface area contributed by atoms with Gasteiger partial charge in [0.1, 0.15) is 17.3 Å². The smallest absolute Gasteiger partial charge is 0.272 e. The number of hydrogen-bond acceptors (Lipinski definition) is 5. The van der Waals surface area contributed by atoms with Crippen LogP contribution < -0.4 is 10.2 Å². The zero-order chi connectivity index (χ0) is 20.1. The number of hydrogen-bond donors (Lipinski definition) is 1. The first kappa shape index (κ1) is 20.1. The van der Waals surface area contributed by atoms with E-state index in [1.54, 1.807) is 11.0 Å². The van der Waals surface area contributed by atoms with Gasteiger partial charge in [0.15, 0.2) is 0 Å². The van der Waals surface area contributed by atoms with Crippen molar-refractivity contribution in [3.05, 3.63) is 41.9 Å². The zero-order valence-electron chi connectivity index (χ0n) is 17.4. The lowest BCUT2D eigenvalue weighted by Crippen LogP contribution is -2.32. The molecule has 0 atom stereocenters. The second-order valence-corrected chi connectivity index (χ2v) is 7.50. The lowest BCUT2D eigenvalue weighted by atomic mass is 9.99. The van der Waals surface area contributed by atoms with E-state index in [-0.39, 0.29) is 5.91 Å². The molecule has 2 aromatic rings. The molecule has 2 heterocycles. The van der Waals surface area contributed by atoms with Gasteiger partial charge in [-0.15, -0.1) is 0 Å². The van der Waals surface area contributed by atoms with Crippen LogP contribution in [-0.4, -0.2) is 47.0 Å². The molecule has 28 heavy (non-hydrogen) atoms. The summed E-state index contributed by atoms with van der Waals surface area (Å²) in [6.07, 6.45) is 2.51. The average Bonchev–Trinajstić information content (AvgIpc) is 2.69. The van der Waals surface area contributed by atoms with Gasteiger partial charge in [-0.05, 0) is 63.8 Å². The molecule has 3 rings (SSSR count). The summed E-state index contributed by atoms with van der Waals surface area (Å²) < 4.78 is 0. The van der Waals surface area contributed by atoms with E-state index in [4.69, 9.17) is 0 Å². The number of nitrogens with one attached hydrogen (secondary N) is 1. The Morgan fingerprint density at radius 1 is 1.14 bits per heavy atom. The summed E-state index contributed by atoms with van der Waals surface area (Å²) in [5, 5.41) is 3.31. The highest BCUT2D eigenvalue weighted by molar-refractivity contribution is 5.93. The van der Waals surface area contributed by atoms with Crippen LogP contribution in [0.25, 0.3) is 0 Å². The van der Waals surface area contributed by atoms with E-state index in [0.29, 0.717) is 30.4 Å². The molecule has 150 valence electrons. The Labute approximate surface area is 168 Å². The summed E-state index contributed by atoms with van der Waals surface area (Å²) in [6.45, 7) is 11.7. The number of rotatable bonds is 6. The Morgan fingerprint density at radius 2 is 1.79 bits per heavy atom. The quantitative estimate of drug-likeness (QED) is 0.811. The van der Waals surface area contributed by atoms with Crippen LogP contribution in [0.3, 0.4) is 0 Å². The van der Waals surface area contributed by atoms with Gasteiger partial charge < -0.3 is 15.1 Å². The molecule has 1 aromatic carbocycles. The Kier molecular flexibility index (Phi) is 6.49. The van der Waals surface area contributed by atoms with Crippen LogP contribution in [0.5, 0.6) is 0 Å². The van der Waals surface area contributed by atoms with E-state index in [2.05, 4.69) is 51.4 Å². The highest BCUT2D eigenvalue weighted by atomic mass is 16.2. The molecule has 0 aliphatic carbocycles. The summed E-state index contributed by atoms with van der Waals surface area (Å²) in [5.41, 5.74) is 2.64. The van der Waals surface area contributed by atoms with Gasteiger partial charge in [-0.1, -0.05) is 6.92 Å². The minimum Gasteiger partial charge on any atom is -0.372 e. The van der Waals surface area contributed by atoms with Crippen molar-refractivity contribution < 1.29 is 4.79 Å². The number of nitrogens with zero attached hydrogens (tertiary/aromatic N) is 4.